The lowest BCUT2D eigenvalue weighted by atomic mass is 9.82. The Bertz CT molecular complexity index is 2670. The van der Waals surface area contributed by atoms with Gasteiger partial charge in [-0.15, -0.1) is 0 Å². The average Bonchev–Trinajstić information content (AvgIpc) is 3.98. The first-order valence-electron chi connectivity index (χ1n) is 26.5. The number of alkyl halides is 1. The molecule has 2 aliphatic carbocycles. The Labute approximate surface area is 458 Å². The van der Waals surface area contributed by atoms with E-state index in [0.29, 0.717) is 61.9 Å². The molecule has 2 heterocycles. The van der Waals surface area contributed by atoms with Crippen molar-refractivity contribution in [1.29, 1.82) is 0 Å². The molecule has 404 valence electrons. The zero-order chi connectivity index (χ0) is 54.2. The van der Waals surface area contributed by atoms with E-state index in [1.807, 2.05) is 83.1 Å². The number of esters is 1. The molecule has 4 atom stereocenters. The van der Waals surface area contributed by atoms with Gasteiger partial charge in [0, 0.05) is 28.8 Å². The van der Waals surface area contributed by atoms with Crippen molar-refractivity contribution in [3.8, 4) is 45.2 Å². The number of halogens is 1. The van der Waals surface area contributed by atoms with Gasteiger partial charge in [0.15, 0.2) is 11.2 Å². The number of carbonyl (C=O) groups is 2. The van der Waals surface area contributed by atoms with Gasteiger partial charge in [-0.05, 0) is 171 Å². The van der Waals surface area contributed by atoms with Gasteiger partial charge in [-0.2, -0.15) is 0 Å². The van der Waals surface area contributed by atoms with Crippen molar-refractivity contribution in [1.82, 2.24) is 9.97 Å². The molecule has 0 radical (unpaired) electrons. The summed E-state index contributed by atoms with van der Waals surface area (Å²) in [7, 11) is 0. The van der Waals surface area contributed by atoms with Crippen LogP contribution in [0.5, 0.6) is 0 Å². The molecule has 2 N–H and O–H groups in total. The van der Waals surface area contributed by atoms with Crippen molar-refractivity contribution < 1.29 is 47.6 Å². The number of carboxylic acids is 1. The first kappa shape index (κ1) is 59.1. The van der Waals surface area contributed by atoms with Crippen LogP contribution in [0.4, 0.5) is 0 Å². The molecule has 75 heavy (non-hydrogen) atoms. The monoisotopic (exact) mass is 1140 g/mol. The van der Waals surface area contributed by atoms with Gasteiger partial charge in [-0.3, -0.25) is 0 Å². The molecule has 0 bridgehead atoms. The normalized spacial score (nSPS) is 18.0. The number of aliphatic hydroxyl groups excluding tert-OH is 1. The number of ether oxygens (including phenoxy) is 4. The summed E-state index contributed by atoms with van der Waals surface area (Å²) in [5.74, 6) is 3.38. The highest BCUT2D eigenvalue weighted by molar-refractivity contribution is 14.1. The van der Waals surface area contributed by atoms with E-state index in [1.165, 1.54) is 16.7 Å². The Kier molecular flexibility index (Phi) is 21.8. The number of aliphatic hydroxyl groups is 1. The largest absolute Gasteiger partial charge is 0.479 e. The Morgan fingerprint density at radius 1 is 0.573 bits per heavy atom. The van der Waals surface area contributed by atoms with Crippen molar-refractivity contribution in [2.75, 3.05) is 26.4 Å². The maximum Gasteiger partial charge on any atom is 0.338 e. The lowest BCUT2D eigenvalue weighted by Crippen LogP contribution is -2.42. The van der Waals surface area contributed by atoms with E-state index in [2.05, 4.69) is 93.2 Å². The van der Waals surface area contributed by atoms with Crippen LogP contribution in [0, 0.1) is 37.5 Å². The highest BCUT2D eigenvalue weighted by atomic mass is 127. The minimum atomic E-state index is -1.15. The van der Waals surface area contributed by atoms with Gasteiger partial charge in [0.05, 0.1) is 25.5 Å². The van der Waals surface area contributed by atoms with Crippen LogP contribution in [0.15, 0.2) is 118 Å². The third-order valence-electron chi connectivity index (χ3n) is 13.8. The molecule has 6 aromatic rings. The number of carbonyl (C=O) groups excluding carboxylic acids is 1. The standard InChI is InChI=1S/C29H35NO5.C17H14INO.C16H30O4/c1-20-26(19-33-17-21-8-7-9-22(16-21)18-34-29(2,3)28(31)32)30-27(35-20)25-14-12-24(13-15-25)23-10-5-4-6-11-23;1-12-16(11-18)19-17(20-12)15-9-7-14(8-10-15)13-5-3-2-4-6-13;1-15(2,3)20-14(18)16(4,5)19-11-13-8-6-7-12(9-13)10-17/h4-6,10-15,21-22H,7-9,16-19H2,1-3H3,(H,31,32);2-10H,11H2,1H3;12-13,17H,6-11H2,1-5H3. The average molecular weight is 1140 g/mol. The zero-order valence-corrected chi connectivity index (χ0v) is 47.7. The van der Waals surface area contributed by atoms with E-state index in [0.717, 1.165) is 95.4 Å². The minimum Gasteiger partial charge on any atom is -0.479 e. The van der Waals surface area contributed by atoms with Crippen LogP contribution in [-0.2, 0) is 39.6 Å². The third kappa shape index (κ3) is 18.2. The fourth-order valence-electron chi connectivity index (χ4n) is 9.15. The topological polar surface area (TPSA) is 164 Å². The van der Waals surface area contributed by atoms with Crippen molar-refractivity contribution in [3.05, 3.63) is 132 Å². The molecule has 2 aromatic heterocycles. The van der Waals surface area contributed by atoms with Gasteiger partial charge < -0.3 is 38.0 Å². The number of rotatable bonds is 18. The Balaban J connectivity index is 0.000000196. The summed E-state index contributed by atoms with van der Waals surface area (Å²) in [5, 5.41) is 18.5. The lowest BCUT2D eigenvalue weighted by Gasteiger charge is -2.32. The summed E-state index contributed by atoms with van der Waals surface area (Å²) in [6.07, 6.45) is 8.63. The fourth-order valence-corrected chi connectivity index (χ4v) is 9.86. The molecule has 2 fully saturated rings. The molecule has 2 saturated carbocycles. The van der Waals surface area contributed by atoms with Gasteiger partial charge in [0.1, 0.15) is 22.8 Å². The molecule has 12 nitrogen and oxygen atoms in total. The number of benzene rings is 4. The predicted molar refractivity (Wildman–Crippen MR) is 303 cm³/mol. The number of hydrogen-bond donors (Lipinski definition) is 2. The molecule has 0 aliphatic heterocycles. The van der Waals surface area contributed by atoms with Crippen molar-refractivity contribution in [2.24, 2.45) is 23.7 Å². The summed E-state index contributed by atoms with van der Waals surface area (Å²) in [5.41, 5.74) is 6.00. The van der Waals surface area contributed by atoms with Crippen LogP contribution in [-0.4, -0.2) is 75.4 Å². The number of aryl methyl sites for hydroxylation is 2. The van der Waals surface area contributed by atoms with E-state index in [1.54, 1.807) is 27.7 Å². The molecule has 4 aromatic carbocycles. The zero-order valence-electron chi connectivity index (χ0n) is 45.5. The van der Waals surface area contributed by atoms with E-state index >= 15 is 0 Å². The molecule has 13 heteroatoms. The maximum absolute atomic E-state index is 12.1. The summed E-state index contributed by atoms with van der Waals surface area (Å²) in [6, 6.07) is 37.2. The van der Waals surface area contributed by atoms with Crippen LogP contribution < -0.4 is 0 Å². The Hall–Kier alpha value is -5.19. The predicted octanol–water partition coefficient (Wildman–Crippen LogP) is 14.7. The van der Waals surface area contributed by atoms with E-state index < -0.39 is 22.8 Å². The van der Waals surface area contributed by atoms with Crippen molar-refractivity contribution >= 4 is 34.5 Å². The first-order valence-corrected chi connectivity index (χ1v) is 28.0. The van der Waals surface area contributed by atoms with Crippen LogP contribution in [0.25, 0.3) is 45.2 Å². The SMILES string of the molecule is CC(C)(C)OC(=O)C(C)(C)OCC1CCCC(CO)C1.Cc1oc(-c2ccc(-c3ccccc3)cc2)nc1CI.Cc1oc(-c2ccc(-c3ccccc3)cc2)nc1COCC1CCCC(COC(C)(C)C(=O)O)C1. The minimum absolute atomic E-state index is 0.256. The number of hydrogen-bond acceptors (Lipinski definition) is 11. The number of carboxylic acid groups (broad SMARTS) is 1. The highest BCUT2D eigenvalue weighted by Crippen LogP contribution is 2.33. The lowest BCUT2D eigenvalue weighted by molar-refractivity contribution is -0.181. The number of aliphatic carboxylic acids is 1. The van der Waals surface area contributed by atoms with Crippen LogP contribution >= 0.6 is 22.6 Å². The van der Waals surface area contributed by atoms with E-state index in [-0.39, 0.29) is 12.6 Å². The highest BCUT2D eigenvalue weighted by Gasteiger charge is 2.35. The van der Waals surface area contributed by atoms with Gasteiger partial charge >= 0.3 is 11.9 Å². The number of nitrogens with zero attached hydrogens (tertiary/aromatic N) is 2. The Morgan fingerprint density at radius 2 is 0.973 bits per heavy atom. The van der Waals surface area contributed by atoms with Gasteiger partial charge in [-0.25, -0.2) is 19.6 Å². The van der Waals surface area contributed by atoms with Crippen molar-refractivity contribution in [3.63, 3.8) is 0 Å². The number of oxazole rings is 2. The molecule has 4 unspecified atom stereocenters. The van der Waals surface area contributed by atoms with E-state index in [9.17, 15) is 19.8 Å². The van der Waals surface area contributed by atoms with Crippen LogP contribution in [0.1, 0.15) is 123 Å². The molecule has 0 spiro atoms. The Morgan fingerprint density at radius 3 is 1.41 bits per heavy atom. The first-order chi connectivity index (χ1) is 35.7. The summed E-state index contributed by atoms with van der Waals surface area (Å²) in [4.78, 5) is 32.6. The molecular formula is C62H79IN2O10. The van der Waals surface area contributed by atoms with Crippen LogP contribution in [0.2, 0.25) is 0 Å². The van der Waals surface area contributed by atoms with Gasteiger partial charge in [-0.1, -0.05) is 120 Å². The third-order valence-corrected chi connectivity index (χ3v) is 14.5. The number of aromatic nitrogens is 2. The fraction of sp³-hybridized carbons (Fsp3) is 0.484. The molecular weight excluding hydrogens is 1060 g/mol. The second-order valence-corrected chi connectivity index (χ2v) is 22.8. The second kappa shape index (κ2) is 27.7. The van der Waals surface area contributed by atoms with Gasteiger partial charge in [0.2, 0.25) is 11.8 Å². The van der Waals surface area contributed by atoms with E-state index in [4.69, 9.17) is 27.8 Å². The molecule has 0 saturated heterocycles. The summed E-state index contributed by atoms with van der Waals surface area (Å²) in [6.45, 7) is 18.5. The maximum atomic E-state index is 12.1. The van der Waals surface area contributed by atoms with Crippen LogP contribution in [0.3, 0.4) is 0 Å². The summed E-state index contributed by atoms with van der Waals surface area (Å²) >= 11 is 2.30. The molecule has 8 rings (SSSR count). The molecule has 2 aliphatic rings. The molecule has 0 amide bonds. The van der Waals surface area contributed by atoms with Crippen molar-refractivity contribution in [2.45, 2.75) is 142 Å². The summed E-state index contributed by atoms with van der Waals surface area (Å²) < 4.78 is 35.4. The smallest absolute Gasteiger partial charge is 0.338 e. The van der Waals surface area contributed by atoms with Gasteiger partial charge in [0.25, 0.3) is 0 Å². The second-order valence-electron chi connectivity index (χ2n) is 22.0. The quantitative estimate of drug-likeness (QED) is 0.0476.